The summed E-state index contributed by atoms with van der Waals surface area (Å²) in [6, 6.07) is 20.5. The predicted octanol–water partition coefficient (Wildman–Crippen LogP) is 7.59. The number of ether oxygens (including phenoxy) is 1. The van der Waals surface area contributed by atoms with E-state index in [0.29, 0.717) is 33.1 Å². The van der Waals surface area contributed by atoms with Crippen molar-refractivity contribution in [2.24, 2.45) is 0 Å². The van der Waals surface area contributed by atoms with E-state index in [1.807, 2.05) is 36.4 Å². The number of halogens is 4. The highest BCUT2D eigenvalue weighted by Gasteiger charge is 2.13. The summed E-state index contributed by atoms with van der Waals surface area (Å²) in [5.41, 5.74) is 2.15. The molecule has 3 rings (SSSR count). The molecule has 0 aromatic heterocycles. The maximum atomic E-state index is 12.5. The van der Waals surface area contributed by atoms with Crippen LogP contribution < -0.4 is 10.1 Å². The highest BCUT2D eigenvalue weighted by Crippen LogP contribution is 2.35. The van der Waals surface area contributed by atoms with Crippen molar-refractivity contribution in [2.75, 3.05) is 5.32 Å². The van der Waals surface area contributed by atoms with Gasteiger partial charge in [-0.2, -0.15) is 5.26 Å². The molecule has 156 valence electrons. The molecule has 3 aromatic rings. The molecule has 0 spiro atoms. The van der Waals surface area contributed by atoms with E-state index in [9.17, 15) is 10.1 Å². The van der Waals surface area contributed by atoms with E-state index in [2.05, 4.69) is 59.8 Å². The van der Waals surface area contributed by atoms with E-state index < -0.39 is 5.91 Å². The zero-order valence-electron chi connectivity index (χ0n) is 15.8. The Morgan fingerprint density at radius 3 is 2.55 bits per heavy atom. The predicted molar refractivity (Wildman–Crippen MR) is 139 cm³/mol. The van der Waals surface area contributed by atoms with E-state index >= 15 is 0 Å². The lowest BCUT2D eigenvalue weighted by Crippen LogP contribution is -2.13. The number of carbonyl (C=O) groups is 1. The fraction of sp³-hybridized carbons (Fsp3) is 0.0435. The molecule has 0 aliphatic rings. The summed E-state index contributed by atoms with van der Waals surface area (Å²) < 4.78 is 8.46. The largest absolute Gasteiger partial charge is 0.486 e. The molecule has 1 amide bonds. The third-order valence-corrected chi connectivity index (χ3v) is 6.16. The summed E-state index contributed by atoms with van der Waals surface area (Å²) in [6.45, 7) is 0.364. The molecule has 0 heterocycles. The van der Waals surface area contributed by atoms with Gasteiger partial charge in [0.2, 0.25) is 0 Å². The van der Waals surface area contributed by atoms with Gasteiger partial charge in [0.25, 0.3) is 5.91 Å². The zero-order chi connectivity index (χ0) is 22.4. The fourth-order valence-corrected chi connectivity index (χ4v) is 4.36. The van der Waals surface area contributed by atoms with Crippen molar-refractivity contribution >= 4 is 83.7 Å². The average Bonchev–Trinajstić information content (AvgIpc) is 2.72. The minimum Gasteiger partial charge on any atom is -0.486 e. The second-order valence-electron chi connectivity index (χ2n) is 6.36. The number of nitrogens with zero attached hydrogens (tertiary/aromatic N) is 1. The number of rotatable bonds is 6. The molecule has 1 N–H and O–H groups in total. The van der Waals surface area contributed by atoms with Crippen molar-refractivity contribution in [3.05, 3.63) is 94.9 Å². The highest BCUT2D eigenvalue weighted by atomic mass is 127. The Kier molecular flexibility index (Phi) is 8.55. The van der Waals surface area contributed by atoms with Crippen LogP contribution in [0.3, 0.4) is 0 Å². The van der Waals surface area contributed by atoms with Crippen LogP contribution in [0.15, 0.2) is 75.2 Å². The van der Waals surface area contributed by atoms with Gasteiger partial charge in [0.1, 0.15) is 18.2 Å². The molecule has 0 fully saturated rings. The number of anilines is 1. The Hall–Kier alpha value is -1.86. The van der Waals surface area contributed by atoms with Crippen LogP contribution in [0.25, 0.3) is 6.08 Å². The minimum atomic E-state index is -0.508. The lowest BCUT2D eigenvalue weighted by atomic mass is 10.1. The van der Waals surface area contributed by atoms with Crippen molar-refractivity contribution in [3.8, 4) is 11.8 Å². The van der Waals surface area contributed by atoms with Crippen LogP contribution in [0.2, 0.25) is 5.02 Å². The Labute approximate surface area is 215 Å². The fourth-order valence-electron chi connectivity index (χ4n) is 2.62. The van der Waals surface area contributed by atoms with Gasteiger partial charge in [0.15, 0.2) is 5.75 Å². The van der Waals surface area contributed by atoms with Crippen LogP contribution >= 0.6 is 66.1 Å². The smallest absolute Gasteiger partial charge is 0.266 e. The van der Waals surface area contributed by atoms with Gasteiger partial charge in [-0.15, -0.1) is 0 Å². The summed E-state index contributed by atoms with van der Waals surface area (Å²) in [4.78, 5) is 12.5. The number of nitrogens with one attached hydrogen (secondary N) is 1. The minimum absolute atomic E-state index is 0.0458. The van der Waals surface area contributed by atoms with E-state index in [-0.39, 0.29) is 5.57 Å². The standard InChI is InChI=1S/C23H14Br2ClIN2O2/c24-17-2-1-3-19(11-17)29-23(30)16(12-28)8-15-9-20(25)22(21(26)10-15)31-13-14-4-6-18(27)7-5-14/h1-11H,13H2,(H,29,30)/b16-8-. The van der Waals surface area contributed by atoms with E-state index in [4.69, 9.17) is 16.3 Å². The van der Waals surface area contributed by atoms with E-state index in [1.165, 1.54) is 6.08 Å². The number of hydrogen-bond acceptors (Lipinski definition) is 3. The molecular formula is C23H14Br2ClIN2O2. The molecule has 31 heavy (non-hydrogen) atoms. The van der Waals surface area contributed by atoms with Crippen LogP contribution in [0.1, 0.15) is 11.1 Å². The first-order valence-corrected chi connectivity index (χ1v) is 11.9. The summed E-state index contributed by atoms with van der Waals surface area (Å²) >= 11 is 15.5. The van der Waals surface area contributed by atoms with Gasteiger partial charge in [-0.3, -0.25) is 4.79 Å². The van der Waals surface area contributed by atoms with Crippen molar-refractivity contribution in [3.63, 3.8) is 0 Å². The molecule has 0 radical (unpaired) electrons. The molecule has 4 nitrogen and oxygen atoms in total. The van der Waals surface area contributed by atoms with Gasteiger partial charge in [-0.25, -0.2) is 0 Å². The molecule has 0 atom stereocenters. The monoisotopic (exact) mass is 670 g/mol. The SMILES string of the molecule is N#C/C(=C/c1cc(Cl)c(OCc2ccc(I)cc2)c(Br)c1)C(=O)Nc1cccc(Br)c1. The van der Waals surface area contributed by atoms with Gasteiger partial charge in [0, 0.05) is 13.7 Å². The van der Waals surface area contributed by atoms with Gasteiger partial charge in [-0.1, -0.05) is 45.7 Å². The van der Waals surface area contributed by atoms with Crippen molar-refractivity contribution in [1.82, 2.24) is 0 Å². The maximum absolute atomic E-state index is 12.5. The first-order valence-electron chi connectivity index (χ1n) is 8.90. The van der Waals surface area contributed by atoms with Crippen molar-refractivity contribution in [1.29, 1.82) is 5.26 Å². The Morgan fingerprint density at radius 2 is 1.90 bits per heavy atom. The second-order valence-corrected chi connectivity index (χ2v) is 9.79. The first kappa shape index (κ1) is 23.8. The van der Waals surface area contributed by atoms with Crippen LogP contribution in [0.4, 0.5) is 5.69 Å². The molecule has 0 saturated carbocycles. The molecule has 0 aliphatic carbocycles. The Bertz CT molecular complexity index is 1170. The van der Waals surface area contributed by atoms with Crippen LogP contribution in [0.5, 0.6) is 5.75 Å². The Balaban J connectivity index is 1.76. The van der Waals surface area contributed by atoms with Crippen molar-refractivity contribution < 1.29 is 9.53 Å². The number of benzene rings is 3. The highest BCUT2D eigenvalue weighted by molar-refractivity contribution is 14.1. The summed E-state index contributed by atoms with van der Waals surface area (Å²) in [6.07, 6.45) is 1.48. The summed E-state index contributed by atoms with van der Waals surface area (Å²) in [5, 5.41) is 12.5. The number of amides is 1. The maximum Gasteiger partial charge on any atom is 0.266 e. The topological polar surface area (TPSA) is 62.1 Å². The quantitative estimate of drug-likeness (QED) is 0.167. The average molecular weight is 673 g/mol. The van der Waals surface area contributed by atoms with Gasteiger partial charge < -0.3 is 10.1 Å². The van der Waals surface area contributed by atoms with Crippen LogP contribution in [0, 0.1) is 14.9 Å². The molecule has 0 aliphatic heterocycles. The number of hydrogen-bond donors (Lipinski definition) is 1. The summed E-state index contributed by atoms with van der Waals surface area (Å²) in [5.74, 6) is -0.0126. The summed E-state index contributed by atoms with van der Waals surface area (Å²) in [7, 11) is 0. The van der Waals surface area contributed by atoms with E-state index in [0.717, 1.165) is 13.6 Å². The normalized spacial score (nSPS) is 11.0. The third-order valence-electron chi connectivity index (χ3n) is 4.08. The van der Waals surface area contributed by atoms with E-state index in [1.54, 1.807) is 30.3 Å². The second kappa shape index (κ2) is 11.1. The van der Waals surface area contributed by atoms with Crippen LogP contribution in [-0.4, -0.2) is 5.91 Å². The molecule has 0 saturated heterocycles. The molecule has 8 heteroatoms. The molecule has 0 bridgehead atoms. The Morgan fingerprint density at radius 1 is 1.16 bits per heavy atom. The zero-order valence-corrected chi connectivity index (χ0v) is 21.9. The third kappa shape index (κ3) is 6.81. The van der Waals surface area contributed by atoms with Gasteiger partial charge in [0.05, 0.1) is 9.50 Å². The first-order chi connectivity index (χ1) is 14.9. The number of nitriles is 1. The molecule has 0 unspecified atom stereocenters. The van der Waals surface area contributed by atoms with Crippen molar-refractivity contribution in [2.45, 2.75) is 6.61 Å². The lowest BCUT2D eigenvalue weighted by molar-refractivity contribution is -0.112. The van der Waals surface area contributed by atoms with Crippen LogP contribution in [-0.2, 0) is 11.4 Å². The van der Waals surface area contributed by atoms with Gasteiger partial charge >= 0.3 is 0 Å². The molecular weight excluding hydrogens is 658 g/mol. The number of carbonyl (C=O) groups excluding carboxylic acids is 1. The molecule has 3 aromatic carbocycles. The lowest BCUT2D eigenvalue weighted by Gasteiger charge is -2.12. The van der Waals surface area contributed by atoms with Gasteiger partial charge in [-0.05, 0) is 98.2 Å².